The van der Waals surface area contributed by atoms with Gasteiger partial charge < -0.3 is 14.8 Å². The summed E-state index contributed by atoms with van der Waals surface area (Å²) in [4.78, 5) is 8.56. The van der Waals surface area contributed by atoms with E-state index >= 15 is 0 Å². The summed E-state index contributed by atoms with van der Waals surface area (Å²) in [6.45, 7) is 1.93. The number of fused-ring (bicyclic) bond motifs is 1. The molecule has 0 fully saturated rings. The zero-order chi connectivity index (χ0) is 17.3. The van der Waals surface area contributed by atoms with Crippen LogP contribution < -0.4 is 14.8 Å². The summed E-state index contributed by atoms with van der Waals surface area (Å²) in [5, 5.41) is 4.84. The van der Waals surface area contributed by atoms with Gasteiger partial charge in [-0.2, -0.15) is 4.98 Å². The van der Waals surface area contributed by atoms with Crippen molar-refractivity contribution in [3.05, 3.63) is 46.2 Å². The first-order valence-corrected chi connectivity index (χ1v) is 7.90. The van der Waals surface area contributed by atoms with E-state index in [1.54, 1.807) is 20.3 Å². The molecule has 0 saturated carbocycles. The fourth-order valence-electron chi connectivity index (χ4n) is 2.39. The van der Waals surface area contributed by atoms with Crippen LogP contribution in [0.4, 0.5) is 11.5 Å². The van der Waals surface area contributed by atoms with Gasteiger partial charge in [0.2, 0.25) is 5.28 Å². The van der Waals surface area contributed by atoms with Crippen molar-refractivity contribution in [1.29, 1.82) is 0 Å². The maximum Gasteiger partial charge on any atom is 0.224 e. The number of anilines is 2. The number of hydrogen-bond acceptors (Lipinski definition) is 5. The summed E-state index contributed by atoms with van der Waals surface area (Å²) in [6.07, 6.45) is 0. The highest BCUT2D eigenvalue weighted by Crippen LogP contribution is 2.36. The fourth-order valence-corrected chi connectivity index (χ4v) is 2.74. The lowest BCUT2D eigenvalue weighted by Crippen LogP contribution is -2.00. The second-order valence-electron chi connectivity index (χ2n) is 5.10. The molecule has 0 saturated heterocycles. The van der Waals surface area contributed by atoms with Crippen LogP contribution in [0.2, 0.25) is 10.3 Å². The Morgan fingerprint density at radius 3 is 2.42 bits per heavy atom. The Hall–Kier alpha value is -2.24. The van der Waals surface area contributed by atoms with E-state index in [1.165, 1.54) is 0 Å². The third kappa shape index (κ3) is 3.05. The van der Waals surface area contributed by atoms with E-state index in [4.69, 9.17) is 32.7 Å². The highest BCUT2D eigenvalue weighted by molar-refractivity contribution is 6.31. The monoisotopic (exact) mass is 363 g/mol. The van der Waals surface area contributed by atoms with E-state index in [1.807, 2.05) is 31.2 Å². The second-order valence-corrected chi connectivity index (χ2v) is 5.85. The van der Waals surface area contributed by atoms with Gasteiger partial charge in [0.05, 0.1) is 19.7 Å². The van der Waals surface area contributed by atoms with Crippen molar-refractivity contribution in [2.24, 2.45) is 0 Å². The lowest BCUT2D eigenvalue weighted by Gasteiger charge is -2.14. The van der Waals surface area contributed by atoms with Crippen molar-refractivity contribution in [2.75, 3.05) is 19.5 Å². The highest BCUT2D eigenvalue weighted by atomic mass is 35.5. The zero-order valence-electron chi connectivity index (χ0n) is 13.4. The van der Waals surface area contributed by atoms with Crippen molar-refractivity contribution in [2.45, 2.75) is 6.92 Å². The summed E-state index contributed by atoms with van der Waals surface area (Å²) < 4.78 is 10.7. The molecule has 1 heterocycles. The van der Waals surface area contributed by atoms with Crippen molar-refractivity contribution in [3.8, 4) is 11.5 Å². The summed E-state index contributed by atoms with van der Waals surface area (Å²) >= 11 is 12.3. The predicted molar refractivity (Wildman–Crippen MR) is 97.1 cm³/mol. The van der Waals surface area contributed by atoms with Crippen LogP contribution in [0.5, 0.6) is 11.5 Å². The van der Waals surface area contributed by atoms with Gasteiger partial charge in [0.15, 0.2) is 11.5 Å². The molecule has 1 aromatic heterocycles. The molecule has 0 aliphatic heterocycles. The number of hydrogen-bond donors (Lipinski definition) is 1. The molecular weight excluding hydrogens is 349 g/mol. The fraction of sp³-hybridized carbons (Fsp3) is 0.176. The van der Waals surface area contributed by atoms with Crippen LogP contribution in [0.1, 0.15) is 5.56 Å². The first-order valence-electron chi connectivity index (χ1n) is 7.15. The van der Waals surface area contributed by atoms with Crippen LogP contribution in [-0.2, 0) is 0 Å². The maximum absolute atomic E-state index is 6.18. The summed E-state index contributed by atoms with van der Waals surface area (Å²) in [7, 11) is 3.15. The smallest absolute Gasteiger partial charge is 0.224 e. The van der Waals surface area contributed by atoms with E-state index < -0.39 is 0 Å². The Bertz CT molecular complexity index is 916. The number of methoxy groups -OCH3 is 2. The van der Waals surface area contributed by atoms with E-state index in [9.17, 15) is 0 Å². The first-order chi connectivity index (χ1) is 11.5. The van der Waals surface area contributed by atoms with Crippen LogP contribution in [0, 0.1) is 6.92 Å². The average Bonchev–Trinajstić information content (AvgIpc) is 2.57. The van der Waals surface area contributed by atoms with Gasteiger partial charge in [-0.25, -0.2) is 4.98 Å². The first kappa shape index (κ1) is 16.6. The molecule has 0 atom stereocenters. The van der Waals surface area contributed by atoms with Crippen molar-refractivity contribution in [3.63, 3.8) is 0 Å². The molecule has 124 valence electrons. The molecule has 1 N–H and O–H groups in total. The van der Waals surface area contributed by atoms with Crippen LogP contribution in [0.25, 0.3) is 10.9 Å². The minimum Gasteiger partial charge on any atom is -0.493 e. The van der Waals surface area contributed by atoms with E-state index in [0.717, 1.165) is 16.6 Å². The minimum atomic E-state index is 0.136. The molecule has 0 aliphatic rings. The number of nitrogens with one attached hydrogen (secondary N) is 1. The summed E-state index contributed by atoms with van der Waals surface area (Å²) in [5.74, 6) is 1.72. The number of halogens is 2. The molecule has 0 aliphatic carbocycles. The molecule has 5 nitrogen and oxygen atoms in total. The number of ether oxygens (including phenoxy) is 2. The van der Waals surface area contributed by atoms with Gasteiger partial charge in [-0.1, -0.05) is 17.7 Å². The van der Waals surface area contributed by atoms with Crippen molar-refractivity contribution < 1.29 is 9.47 Å². The number of rotatable bonds is 4. The van der Waals surface area contributed by atoms with Crippen LogP contribution in [0.3, 0.4) is 0 Å². The van der Waals surface area contributed by atoms with Crippen molar-refractivity contribution in [1.82, 2.24) is 9.97 Å². The molecule has 3 aromatic rings. The van der Waals surface area contributed by atoms with Gasteiger partial charge in [0.1, 0.15) is 5.82 Å². The Balaban J connectivity index is 2.18. The zero-order valence-corrected chi connectivity index (χ0v) is 14.9. The molecule has 0 unspecified atom stereocenters. The summed E-state index contributed by atoms with van der Waals surface area (Å²) in [6, 6.07) is 9.20. The van der Waals surface area contributed by atoms with E-state index in [2.05, 4.69) is 15.3 Å². The molecule has 2 aromatic carbocycles. The second kappa shape index (κ2) is 6.71. The largest absolute Gasteiger partial charge is 0.493 e. The van der Waals surface area contributed by atoms with Gasteiger partial charge in [0.25, 0.3) is 0 Å². The Morgan fingerprint density at radius 2 is 1.71 bits per heavy atom. The standard InChI is InChI=1S/C17H15Cl2N3O2/c1-9-11(18)5-4-6-12(9)20-16-10-7-14(23-2)15(24-3)8-13(10)21-17(19)22-16/h4-8H,1-3H3,(H,20,21,22). The third-order valence-electron chi connectivity index (χ3n) is 3.69. The van der Waals surface area contributed by atoms with E-state index in [-0.39, 0.29) is 5.28 Å². The van der Waals surface area contributed by atoms with Gasteiger partial charge in [-0.05, 0) is 42.3 Å². The lowest BCUT2D eigenvalue weighted by molar-refractivity contribution is 0.356. The quantitative estimate of drug-likeness (QED) is 0.660. The van der Waals surface area contributed by atoms with Gasteiger partial charge >= 0.3 is 0 Å². The number of benzene rings is 2. The lowest BCUT2D eigenvalue weighted by atomic mass is 10.1. The minimum absolute atomic E-state index is 0.136. The molecule has 7 heteroatoms. The Labute approximate surface area is 149 Å². The molecule has 3 rings (SSSR count). The normalized spacial score (nSPS) is 10.7. The summed E-state index contributed by atoms with van der Waals surface area (Å²) in [5.41, 5.74) is 2.41. The molecule has 0 radical (unpaired) electrons. The Kier molecular flexibility index (Phi) is 4.64. The van der Waals surface area contributed by atoms with Crippen LogP contribution in [-0.4, -0.2) is 24.2 Å². The maximum atomic E-state index is 6.18. The average molecular weight is 364 g/mol. The molecule has 0 bridgehead atoms. The van der Waals surface area contributed by atoms with Gasteiger partial charge in [-0.3, -0.25) is 0 Å². The van der Waals surface area contributed by atoms with Gasteiger partial charge in [0, 0.05) is 22.2 Å². The highest BCUT2D eigenvalue weighted by Gasteiger charge is 2.14. The Morgan fingerprint density at radius 1 is 1.00 bits per heavy atom. The van der Waals surface area contributed by atoms with Crippen LogP contribution >= 0.6 is 23.2 Å². The van der Waals surface area contributed by atoms with Crippen LogP contribution in [0.15, 0.2) is 30.3 Å². The topological polar surface area (TPSA) is 56.3 Å². The molecule has 24 heavy (non-hydrogen) atoms. The predicted octanol–water partition coefficient (Wildman–Crippen LogP) is 5.01. The molecule has 0 amide bonds. The van der Waals surface area contributed by atoms with E-state index in [0.29, 0.717) is 27.9 Å². The number of aromatic nitrogens is 2. The molecular formula is C17H15Cl2N3O2. The number of nitrogens with zero attached hydrogens (tertiary/aromatic N) is 2. The SMILES string of the molecule is COc1cc2nc(Cl)nc(Nc3cccc(Cl)c3C)c2cc1OC. The van der Waals surface area contributed by atoms with Crippen molar-refractivity contribution >= 4 is 45.6 Å². The van der Waals surface area contributed by atoms with Gasteiger partial charge in [-0.15, -0.1) is 0 Å². The third-order valence-corrected chi connectivity index (χ3v) is 4.27. The molecule has 0 spiro atoms.